The number of anilines is 1. The van der Waals surface area contributed by atoms with Gasteiger partial charge in [0.1, 0.15) is 11.3 Å². The molecule has 1 atom stereocenters. The van der Waals surface area contributed by atoms with E-state index in [1.807, 2.05) is 54.6 Å². The summed E-state index contributed by atoms with van der Waals surface area (Å²) in [7, 11) is 0. The van der Waals surface area contributed by atoms with Crippen molar-refractivity contribution < 1.29 is 13.9 Å². The average Bonchev–Trinajstić information content (AvgIpc) is 3.13. The Labute approximate surface area is 185 Å². The highest BCUT2D eigenvalue weighted by molar-refractivity contribution is 6.10. The Bertz CT molecular complexity index is 1330. The highest BCUT2D eigenvalue weighted by Crippen LogP contribution is 2.41. The highest BCUT2D eigenvalue weighted by Gasteiger charge is 2.43. The monoisotopic (exact) mass is 425 g/mol. The SMILES string of the molecule is CCCCOc1ccc(C2c3c(oc4ccccc4c3=O)C(=O)N2c2ccccc2)cc1. The second-order valence-corrected chi connectivity index (χ2v) is 7.85. The van der Waals surface area contributed by atoms with E-state index in [4.69, 9.17) is 9.15 Å². The maximum absolute atomic E-state index is 13.5. The van der Waals surface area contributed by atoms with E-state index in [0.29, 0.717) is 28.8 Å². The smallest absolute Gasteiger partial charge is 0.295 e. The Balaban J connectivity index is 1.66. The third-order valence-electron chi connectivity index (χ3n) is 5.77. The zero-order valence-corrected chi connectivity index (χ0v) is 17.8. The maximum atomic E-state index is 13.5. The van der Waals surface area contributed by atoms with E-state index in [0.717, 1.165) is 24.2 Å². The van der Waals surface area contributed by atoms with Crippen LogP contribution in [0.4, 0.5) is 5.69 Å². The van der Waals surface area contributed by atoms with Gasteiger partial charge in [0.2, 0.25) is 5.76 Å². The van der Waals surface area contributed by atoms with Crippen molar-refractivity contribution in [2.45, 2.75) is 25.8 Å². The predicted octanol–water partition coefficient (Wildman–Crippen LogP) is 5.72. The minimum absolute atomic E-state index is 0.103. The lowest BCUT2D eigenvalue weighted by molar-refractivity contribution is 0.0971. The van der Waals surface area contributed by atoms with Crippen molar-refractivity contribution in [1.82, 2.24) is 0 Å². The van der Waals surface area contributed by atoms with Crippen molar-refractivity contribution in [1.29, 1.82) is 0 Å². The van der Waals surface area contributed by atoms with Crippen LogP contribution in [0.1, 0.15) is 47.5 Å². The van der Waals surface area contributed by atoms with Crippen LogP contribution in [0.3, 0.4) is 0 Å². The van der Waals surface area contributed by atoms with E-state index < -0.39 is 6.04 Å². The minimum atomic E-state index is -0.578. The summed E-state index contributed by atoms with van der Waals surface area (Å²) in [5.74, 6) is 0.553. The Hall–Kier alpha value is -3.86. The molecule has 5 nitrogen and oxygen atoms in total. The summed E-state index contributed by atoms with van der Waals surface area (Å²) < 4.78 is 11.8. The van der Waals surface area contributed by atoms with Crippen LogP contribution in [0.2, 0.25) is 0 Å². The number of fused-ring (bicyclic) bond motifs is 2. The topological polar surface area (TPSA) is 59.8 Å². The van der Waals surface area contributed by atoms with Crippen molar-refractivity contribution in [3.63, 3.8) is 0 Å². The number of rotatable bonds is 6. The molecule has 0 fully saturated rings. The number of unbranched alkanes of at least 4 members (excludes halogenated alkanes) is 1. The quantitative estimate of drug-likeness (QED) is 0.371. The van der Waals surface area contributed by atoms with Gasteiger partial charge in [0, 0.05) is 5.69 Å². The van der Waals surface area contributed by atoms with Crippen LogP contribution in [0.15, 0.2) is 88.1 Å². The van der Waals surface area contributed by atoms with Gasteiger partial charge in [0.05, 0.1) is 23.6 Å². The van der Waals surface area contributed by atoms with Gasteiger partial charge in [-0.1, -0.05) is 55.8 Å². The molecule has 1 aliphatic rings. The zero-order chi connectivity index (χ0) is 22.1. The molecule has 1 aromatic heterocycles. The van der Waals surface area contributed by atoms with Gasteiger partial charge in [-0.25, -0.2) is 0 Å². The molecule has 32 heavy (non-hydrogen) atoms. The number of nitrogens with zero attached hydrogens (tertiary/aromatic N) is 1. The fourth-order valence-corrected chi connectivity index (χ4v) is 4.17. The first-order chi connectivity index (χ1) is 15.7. The van der Waals surface area contributed by atoms with Crippen LogP contribution in [-0.2, 0) is 0 Å². The molecule has 5 rings (SSSR count). The van der Waals surface area contributed by atoms with Crippen LogP contribution in [-0.4, -0.2) is 12.5 Å². The van der Waals surface area contributed by atoms with Crippen LogP contribution >= 0.6 is 0 Å². The number of amides is 1. The summed E-state index contributed by atoms with van der Waals surface area (Å²) in [4.78, 5) is 28.6. The molecule has 1 amide bonds. The Morgan fingerprint density at radius 2 is 1.62 bits per heavy atom. The van der Waals surface area contributed by atoms with E-state index in [2.05, 4.69) is 6.92 Å². The summed E-state index contributed by atoms with van der Waals surface area (Å²) in [6.45, 7) is 2.78. The molecule has 1 aliphatic heterocycles. The summed E-state index contributed by atoms with van der Waals surface area (Å²) in [6, 6.07) is 23.4. The van der Waals surface area contributed by atoms with Gasteiger partial charge >= 0.3 is 0 Å². The number of hydrogen-bond acceptors (Lipinski definition) is 4. The van der Waals surface area contributed by atoms with Gasteiger partial charge in [-0.3, -0.25) is 14.5 Å². The van der Waals surface area contributed by atoms with Gasteiger partial charge < -0.3 is 9.15 Å². The molecular weight excluding hydrogens is 402 g/mol. The van der Waals surface area contributed by atoms with Crippen molar-refractivity contribution in [3.8, 4) is 5.75 Å². The molecule has 2 heterocycles. The van der Waals surface area contributed by atoms with Crippen LogP contribution in [0.5, 0.6) is 5.75 Å². The third kappa shape index (κ3) is 3.36. The second kappa shape index (κ2) is 8.35. The highest BCUT2D eigenvalue weighted by atomic mass is 16.5. The Morgan fingerprint density at radius 3 is 2.38 bits per heavy atom. The molecule has 4 aromatic rings. The first kappa shape index (κ1) is 20.1. The summed E-state index contributed by atoms with van der Waals surface area (Å²) in [5.41, 5.74) is 2.14. The molecule has 3 aromatic carbocycles. The molecule has 0 spiro atoms. The van der Waals surface area contributed by atoms with Crippen molar-refractivity contribution in [3.05, 3.63) is 106 Å². The zero-order valence-electron chi connectivity index (χ0n) is 17.8. The normalized spacial score (nSPS) is 15.2. The van der Waals surface area contributed by atoms with E-state index in [-0.39, 0.29) is 17.1 Å². The number of carbonyl (C=O) groups excluding carboxylic acids is 1. The second-order valence-electron chi connectivity index (χ2n) is 7.85. The van der Waals surface area contributed by atoms with Gasteiger partial charge in [0.25, 0.3) is 5.91 Å². The van der Waals surface area contributed by atoms with Crippen LogP contribution < -0.4 is 15.1 Å². The molecular formula is C27H23NO4. The molecule has 5 heteroatoms. The van der Waals surface area contributed by atoms with Gasteiger partial charge in [-0.15, -0.1) is 0 Å². The molecule has 0 saturated carbocycles. The predicted molar refractivity (Wildman–Crippen MR) is 124 cm³/mol. The average molecular weight is 425 g/mol. The summed E-state index contributed by atoms with van der Waals surface area (Å²) >= 11 is 0. The molecule has 0 aliphatic carbocycles. The Morgan fingerprint density at radius 1 is 0.906 bits per heavy atom. The lowest BCUT2D eigenvalue weighted by atomic mass is 9.98. The van der Waals surface area contributed by atoms with Crippen LogP contribution in [0, 0.1) is 0 Å². The van der Waals surface area contributed by atoms with Crippen molar-refractivity contribution in [2.24, 2.45) is 0 Å². The summed E-state index contributed by atoms with van der Waals surface area (Å²) in [6.07, 6.45) is 2.05. The van der Waals surface area contributed by atoms with E-state index >= 15 is 0 Å². The standard InChI is InChI=1S/C27H23NO4/c1-2-3-17-31-20-15-13-18(14-16-20)24-23-25(29)21-11-7-8-12-22(21)32-26(23)27(30)28(24)19-9-5-4-6-10-19/h4-16,24H,2-3,17H2,1H3. The van der Waals surface area contributed by atoms with E-state index in [1.54, 1.807) is 29.2 Å². The lowest BCUT2D eigenvalue weighted by Crippen LogP contribution is -2.29. The van der Waals surface area contributed by atoms with Gasteiger partial charge in [-0.05, 0) is 48.4 Å². The van der Waals surface area contributed by atoms with Gasteiger partial charge in [-0.2, -0.15) is 0 Å². The van der Waals surface area contributed by atoms with E-state index in [1.165, 1.54) is 0 Å². The fraction of sp³-hybridized carbons (Fsp3) is 0.185. The van der Waals surface area contributed by atoms with Crippen molar-refractivity contribution >= 4 is 22.6 Å². The Kier molecular flexibility index (Phi) is 5.23. The molecule has 1 unspecified atom stereocenters. The molecule has 160 valence electrons. The maximum Gasteiger partial charge on any atom is 0.295 e. The molecule has 0 radical (unpaired) electrons. The van der Waals surface area contributed by atoms with E-state index in [9.17, 15) is 9.59 Å². The first-order valence-corrected chi connectivity index (χ1v) is 10.9. The van der Waals surface area contributed by atoms with Crippen molar-refractivity contribution in [2.75, 3.05) is 11.5 Å². The summed E-state index contributed by atoms with van der Waals surface area (Å²) in [5, 5.41) is 0.471. The number of benzene rings is 3. The number of ether oxygens (including phenoxy) is 1. The largest absolute Gasteiger partial charge is 0.494 e. The van der Waals surface area contributed by atoms with Crippen LogP contribution in [0.25, 0.3) is 11.0 Å². The fourth-order valence-electron chi connectivity index (χ4n) is 4.17. The third-order valence-corrected chi connectivity index (χ3v) is 5.77. The molecule has 0 N–H and O–H groups in total. The number of carbonyl (C=O) groups is 1. The number of hydrogen-bond donors (Lipinski definition) is 0. The molecule has 0 saturated heterocycles. The number of para-hydroxylation sites is 2. The first-order valence-electron chi connectivity index (χ1n) is 10.9. The lowest BCUT2D eigenvalue weighted by Gasteiger charge is -2.25. The molecule has 0 bridgehead atoms. The van der Waals surface area contributed by atoms with Gasteiger partial charge in [0.15, 0.2) is 5.43 Å². The minimum Gasteiger partial charge on any atom is -0.494 e.